The lowest BCUT2D eigenvalue weighted by Gasteiger charge is -2.18. The third-order valence-corrected chi connectivity index (χ3v) is 7.29. The van der Waals surface area contributed by atoms with Crippen LogP contribution in [-0.2, 0) is 18.0 Å². The van der Waals surface area contributed by atoms with Crippen molar-refractivity contribution in [3.05, 3.63) is 39.7 Å². The molecule has 0 bridgehead atoms. The number of ether oxygens (including phenoxy) is 2. The summed E-state index contributed by atoms with van der Waals surface area (Å²) in [6.07, 6.45) is 0. The fourth-order valence-electron chi connectivity index (χ4n) is 2.90. The molecule has 0 aliphatic rings. The van der Waals surface area contributed by atoms with Gasteiger partial charge in [0.1, 0.15) is 22.6 Å². The van der Waals surface area contributed by atoms with Crippen molar-refractivity contribution < 1.29 is 9.47 Å². The molecule has 0 aliphatic heterocycles. The Morgan fingerprint density at radius 3 is 2.47 bits per heavy atom. The van der Waals surface area contributed by atoms with Crippen molar-refractivity contribution in [2.45, 2.75) is 39.0 Å². The van der Waals surface area contributed by atoms with Crippen LogP contribution in [0.4, 0.5) is 5.82 Å². The highest BCUT2D eigenvalue weighted by Crippen LogP contribution is 2.30. The fourth-order valence-corrected chi connectivity index (χ4v) is 4.28. The average Bonchev–Trinajstić information content (AvgIpc) is 3.00. The number of hydrogen-bond donors (Lipinski definition) is 0. The van der Waals surface area contributed by atoms with E-state index in [0.717, 1.165) is 28.6 Å². The Bertz CT molecular complexity index is 1010. The fraction of sp³-hybridized carbons (Fsp3) is 0.450. The molecule has 3 aromatic rings. The molecule has 0 atom stereocenters. The minimum Gasteiger partial charge on any atom is -0.497 e. The molecule has 0 N–H and O–H groups in total. The van der Waals surface area contributed by atoms with E-state index >= 15 is 0 Å². The van der Waals surface area contributed by atoms with Gasteiger partial charge in [0, 0.05) is 28.3 Å². The van der Waals surface area contributed by atoms with Crippen molar-refractivity contribution in [2.24, 2.45) is 0 Å². The molecule has 0 saturated carbocycles. The Hall–Kier alpha value is -1.68. The van der Waals surface area contributed by atoms with Gasteiger partial charge in [0.25, 0.3) is 0 Å². The van der Waals surface area contributed by atoms with E-state index in [1.54, 1.807) is 11.8 Å². The predicted molar refractivity (Wildman–Crippen MR) is 127 cm³/mol. The first kappa shape index (κ1) is 23.0. The summed E-state index contributed by atoms with van der Waals surface area (Å²) in [6, 6.07) is 9.03. The lowest BCUT2D eigenvalue weighted by molar-refractivity contribution is 0.0775. The second-order valence-corrected chi connectivity index (χ2v) is 15.1. The third-order valence-electron chi connectivity index (χ3n) is 4.63. The van der Waals surface area contributed by atoms with Gasteiger partial charge in [-0.05, 0) is 51.3 Å². The molecule has 2 heterocycles. The Labute approximate surface area is 191 Å². The number of halogens is 2. The van der Waals surface area contributed by atoms with Crippen molar-refractivity contribution >= 4 is 52.5 Å². The lowest BCUT2D eigenvalue weighted by atomic mass is 10.2. The van der Waals surface area contributed by atoms with E-state index in [1.807, 2.05) is 36.2 Å². The summed E-state index contributed by atoms with van der Waals surface area (Å²) in [6.45, 7) is 8.70. The second-order valence-electron chi connectivity index (χ2n) is 8.36. The number of methoxy groups -OCH3 is 1. The Morgan fingerprint density at radius 1 is 1.13 bits per heavy atom. The van der Waals surface area contributed by atoms with Gasteiger partial charge < -0.3 is 14.4 Å². The van der Waals surface area contributed by atoms with Gasteiger partial charge in [0.2, 0.25) is 5.28 Å². The zero-order valence-corrected chi connectivity index (χ0v) is 21.3. The monoisotopic (exact) mass is 511 g/mol. The standard InChI is InChI=1S/C20H27BrClN5O2Si/c1-26(12-14-6-8-15(28-2)9-7-14)19-17-16(23-20(22)24-19)18(21)27(25-17)13-29-10-11-30(3,4)5/h6-9H,10-13H2,1-5H3. The molecule has 7 nitrogen and oxygen atoms in total. The van der Waals surface area contributed by atoms with Crippen LogP contribution in [0.3, 0.4) is 0 Å². The van der Waals surface area contributed by atoms with E-state index < -0.39 is 8.07 Å². The Morgan fingerprint density at radius 2 is 1.83 bits per heavy atom. The predicted octanol–water partition coefficient (Wildman–Crippen LogP) is 5.20. The van der Waals surface area contributed by atoms with E-state index in [9.17, 15) is 0 Å². The van der Waals surface area contributed by atoms with Crippen molar-refractivity contribution in [3.8, 4) is 5.75 Å². The molecule has 0 spiro atoms. The van der Waals surface area contributed by atoms with Crippen LogP contribution < -0.4 is 9.64 Å². The van der Waals surface area contributed by atoms with E-state index in [1.165, 1.54) is 0 Å². The van der Waals surface area contributed by atoms with Crippen LogP contribution in [0.25, 0.3) is 11.0 Å². The van der Waals surface area contributed by atoms with Crippen LogP contribution in [0.2, 0.25) is 31.0 Å². The molecule has 3 rings (SSSR count). The highest BCUT2D eigenvalue weighted by atomic mass is 79.9. The third kappa shape index (κ3) is 5.72. The minimum absolute atomic E-state index is 0.180. The smallest absolute Gasteiger partial charge is 0.225 e. The van der Waals surface area contributed by atoms with E-state index in [4.69, 9.17) is 21.1 Å². The largest absolute Gasteiger partial charge is 0.497 e. The van der Waals surface area contributed by atoms with Gasteiger partial charge in [-0.2, -0.15) is 10.1 Å². The Balaban J connectivity index is 1.81. The second kappa shape index (κ2) is 9.63. The van der Waals surface area contributed by atoms with E-state index in [-0.39, 0.29) is 5.28 Å². The maximum atomic E-state index is 6.22. The van der Waals surface area contributed by atoms with Crippen molar-refractivity contribution in [3.63, 3.8) is 0 Å². The molecule has 1 aromatic carbocycles. The summed E-state index contributed by atoms with van der Waals surface area (Å²) < 4.78 is 13.6. The van der Waals surface area contributed by atoms with Gasteiger partial charge in [0.15, 0.2) is 11.3 Å². The highest BCUT2D eigenvalue weighted by Gasteiger charge is 2.20. The molecule has 0 radical (unpaired) electrons. The van der Waals surface area contributed by atoms with Gasteiger partial charge in [-0.1, -0.05) is 31.8 Å². The number of aromatic nitrogens is 4. The molecular formula is C20H27BrClN5O2Si. The van der Waals surface area contributed by atoms with Crippen LogP contribution in [0.15, 0.2) is 28.9 Å². The molecule has 0 unspecified atom stereocenters. The number of nitrogens with zero attached hydrogens (tertiary/aromatic N) is 5. The highest BCUT2D eigenvalue weighted by molar-refractivity contribution is 9.10. The van der Waals surface area contributed by atoms with Crippen LogP contribution in [0.1, 0.15) is 5.56 Å². The molecule has 0 aliphatic carbocycles. The average molecular weight is 513 g/mol. The molecule has 30 heavy (non-hydrogen) atoms. The van der Waals surface area contributed by atoms with Crippen LogP contribution in [0, 0.1) is 0 Å². The van der Waals surface area contributed by atoms with Gasteiger partial charge in [-0.25, -0.2) is 9.67 Å². The molecule has 0 fully saturated rings. The molecule has 0 saturated heterocycles. The first-order chi connectivity index (χ1) is 14.2. The Kier molecular flexibility index (Phi) is 7.38. The topological polar surface area (TPSA) is 65.3 Å². The first-order valence-corrected chi connectivity index (χ1v) is 14.6. The minimum atomic E-state index is -1.14. The van der Waals surface area contributed by atoms with Gasteiger partial charge in [-0.15, -0.1) is 0 Å². The summed E-state index contributed by atoms with van der Waals surface area (Å²) in [4.78, 5) is 10.8. The maximum Gasteiger partial charge on any atom is 0.225 e. The maximum absolute atomic E-state index is 6.22. The number of benzene rings is 1. The normalized spacial score (nSPS) is 11.8. The number of fused-ring (bicyclic) bond motifs is 1. The molecule has 0 amide bonds. The summed E-state index contributed by atoms with van der Waals surface area (Å²) in [5.74, 6) is 1.49. The van der Waals surface area contributed by atoms with Crippen LogP contribution >= 0.6 is 27.5 Å². The number of hydrogen-bond acceptors (Lipinski definition) is 6. The summed E-state index contributed by atoms with van der Waals surface area (Å²) in [5, 5.41) is 4.87. The van der Waals surface area contributed by atoms with Gasteiger partial charge in [0.05, 0.1) is 7.11 Å². The van der Waals surface area contributed by atoms with Crippen molar-refractivity contribution in [1.82, 2.24) is 19.7 Å². The number of anilines is 1. The quantitative estimate of drug-likeness (QED) is 0.223. The summed E-state index contributed by atoms with van der Waals surface area (Å²) >= 11 is 9.81. The van der Waals surface area contributed by atoms with Gasteiger partial charge in [-0.3, -0.25) is 0 Å². The molecule has 10 heteroatoms. The van der Waals surface area contributed by atoms with Gasteiger partial charge >= 0.3 is 0 Å². The lowest BCUT2D eigenvalue weighted by Crippen LogP contribution is -2.22. The zero-order chi connectivity index (χ0) is 21.9. The molecule has 2 aromatic heterocycles. The van der Waals surface area contributed by atoms with E-state index in [2.05, 4.69) is 50.6 Å². The first-order valence-electron chi connectivity index (χ1n) is 9.69. The molecular weight excluding hydrogens is 486 g/mol. The van der Waals surface area contributed by atoms with Crippen LogP contribution in [0.5, 0.6) is 5.75 Å². The van der Waals surface area contributed by atoms with Crippen molar-refractivity contribution in [2.75, 3.05) is 25.7 Å². The summed E-state index contributed by atoms with van der Waals surface area (Å²) in [5.41, 5.74) is 2.46. The van der Waals surface area contributed by atoms with E-state index in [0.29, 0.717) is 30.1 Å². The SMILES string of the molecule is COc1ccc(CN(C)c2nc(Cl)nc3c(Br)n(COCC[Si](C)(C)C)nc23)cc1. The number of rotatable bonds is 9. The zero-order valence-electron chi connectivity index (χ0n) is 17.9. The van der Waals surface area contributed by atoms with Crippen LogP contribution in [-0.4, -0.2) is 48.6 Å². The molecule has 162 valence electrons. The summed E-state index contributed by atoms with van der Waals surface area (Å²) in [7, 11) is 2.48. The van der Waals surface area contributed by atoms with Crippen molar-refractivity contribution in [1.29, 1.82) is 0 Å².